The van der Waals surface area contributed by atoms with Crippen LogP contribution in [0.5, 0.6) is 5.75 Å². The van der Waals surface area contributed by atoms with Gasteiger partial charge in [-0.3, -0.25) is 4.79 Å². The molecule has 0 fully saturated rings. The third-order valence-electron chi connectivity index (χ3n) is 2.82. The highest BCUT2D eigenvalue weighted by Gasteiger charge is 2.26. The number of Topliss-reactive ketones (excluding diaryl/α,β-unsaturated/α-hetero) is 1. The van der Waals surface area contributed by atoms with E-state index in [1.807, 2.05) is 0 Å². The Hall–Kier alpha value is -1.54. The van der Waals surface area contributed by atoms with Gasteiger partial charge in [-0.15, -0.1) is 0 Å². The zero-order valence-corrected chi connectivity index (χ0v) is 11.8. The maximum atomic E-state index is 12.1. The number of methoxy groups -OCH3 is 1. The van der Waals surface area contributed by atoms with E-state index in [9.17, 15) is 18.0 Å². The van der Waals surface area contributed by atoms with E-state index in [4.69, 9.17) is 9.76 Å². The third-order valence-corrected chi connectivity index (χ3v) is 2.82. The van der Waals surface area contributed by atoms with Crippen molar-refractivity contribution in [2.75, 3.05) is 20.2 Å². The van der Waals surface area contributed by atoms with Crippen LogP contribution in [0.15, 0.2) is 12.1 Å². The van der Waals surface area contributed by atoms with Gasteiger partial charge >= 0.3 is 13.7 Å². The molecular formula is C13H16BF3NO3. The van der Waals surface area contributed by atoms with Gasteiger partial charge in [0.05, 0.1) is 19.2 Å². The zero-order chi connectivity index (χ0) is 16.0. The molecule has 1 aromatic rings. The first-order chi connectivity index (χ1) is 9.78. The Bertz CT molecular complexity index is 506. The van der Waals surface area contributed by atoms with Gasteiger partial charge in [-0.25, -0.2) is 0 Å². The molecule has 0 unspecified atom stereocenters. The fraction of sp³-hybridized carbons (Fsp3) is 0.462. The molecule has 0 amide bonds. The van der Waals surface area contributed by atoms with E-state index in [-0.39, 0.29) is 24.5 Å². The second-order valence-electron chi connectivity index (χ2n) is 4.48. The first-order valence-electron chi connectivity index (χ1n) is 6.25. The summed E-state index contributed by atoms with van der Waals surface area (Å²) in [4.78, 5) is 11.7. The van der Waals surface area contributed by atoms with Crippen molar-refractivity contribution in [3.63, 3.8) is 0 Å². The zero-order valence-electron chi connectivity index (χ0n) is 11.8. The summed E-state index contributed by atoms with van der Waals surface area (Å²) >= 11 is 0. The minimum atomic E-state index is -4.28. The monoisotopic (exact) mass is 302 g/mol. The molecule has 8 heteroatoms. The number of alkyl halides is 3. The second kappa shape index (κ2) is 7.47. The molecule has 2 N–H and O–H groups in total. The molecular weight excluding hydrogens is 286 g/mol. The van der Waals surface area contributed by atoms with Crippen molar-refractivity contribution in [1.82, 2.24) is 5.32 Å². The van der Waals surface area contributed by atoms with Crippen molar-refractivity contribution in [3.8, 4) is 5.75 Å². The summed E-state index contributed by atoms with van der Waals surface area (Å²) in [5.41, 5.74) is 1.26. The lowest BCUT2D eigenvalue weighted by molar-refractivity contribution is -0.124. The first kappa shape index (κ1) is 17.5. The van der Waals surface area contributed by atoms with Crippen molar-refractivity contribution in [2.24, 2.45) is 0 Å². The van der Waals surface area contributed by atoms with Crippen LogP contribution in [0.3, 0.4) is 0 Å². The van der Waals surface area contributed by atoms with Crippen LogP contribution in [0.25, 0.3) is 0 Å². The number of nitrogens with one attached hydrogen (secondary N) is 1. The van der Waals surface area contributed by atoms with E-state index in [2.05, 4.69) is 5.32 Å². The number of ether oxygens (including phenoxy) is 1. The molecule has 0 saturated carbocycles. The van der Waals surface area contributed by atoms with E-state index in [0.29, 0.717) is 16.6 Å². The van der Waals surface area contributed by atoms with Crippen LogP contribution in [-0.2, 0) is 6.42 Å². The average Bonchev–Trinajstić information content (AvgIpc) is 2.41. The molecule has 0 saturated heterocycles. The largest absolute Gasteiger partial charge is 0.496 e. The van der Waals surface area contributed by atoms with Crippen molar-refractivity contribution >= 4 is 18.7 Å². The molecule has 0 atom stereocenters. The van der Waals surface area contributed by atoms with Crippen molar-refractivity contribution in [3.05, 3.63) is 23.3 Å². The molecule has 0 heterocycles. The van der Waals surface area contributed by atoms with Crippen LogP contribution in [-0.4, -0.2) is 44.7 Å². The number of halogens is 3. The second-order valence-corrected chi connectivity index (χ2v) is 4.48. The predicted octanol–water partition coefficient (Wildman–Crippen LogP) is 0.829. The number of rotatable bonds is 7. The molecule has 4 nitrogen and oxygen atoms in total. The summed E-state index contributed by atoms with van der Waals surface area (Å²) in [5, 5.41) is 11.3. The number of hydrogen-bond acceptors (Lipinski definition) is 4. The molecule has 0 aliphatic rings. The smallest absolute Gasteiger partial charge is 0.401 e. The number of ketones is 1. The van der Waals surface area contributed by atoms with Gasteiger partial charge in [0.1, 0.15) is 5.75 Å². The molecule has 1 radical (unpaired) electrons. The fourth-order valence-corrected chi connectivity index (χ4v) is 1.98. The molecule has 1 rings (SSSR count). The molecule has 21 heavy (non-hydrogen) atoms. The minimum Gasteiger partial charge on any atom is -0.496 e. The van der Waals surface area contributed by atoms with Gasteiger partial charge in [0.25, 0.3) is 0 Å². The lowest BCUT2D eigenvalue weighted by atomic mass is 9.84. The van der Waals surface area contributed by atoms with Gasteiger partial charge in [0, 0.05) is 0 Å². The van der Waals surface area contributed by atoms with Gasteiger partial charge < -0.3 is 15.1 Å². The molecule has 0 bridgehead atoms. The Morgan fingerprint density at radius 2 is 2.10 bits per heavy atom. The first-order valence-corrected chi connectivity index (χ1v) is 6.25. The van der Waals surface area contributed by atoms with E-state index in [0.717, 1.165) is 7.48 Å². The topological polar surface area (TPSA) is 58.6 Å². The van der Waals surface area contributed by atoms with Crippen molar-refractivity contribution in [1.29, 1.82) is 0 Å². The van der Waals surface area contributed by atoms with E-state index in [1.165, 1.54) is 20.1 Å². The van der Waals surface area contributed by atoms with E-state index in [1.54, 1.807) is 6.07 Å². The van der Waals surface area contributed by atoms with Gasteiger partial charge in [-0.05, 0) is 37.0 Å². The number of hydrogen-bond donors (Lipinski definition) is 2. The summed E-state index contributed by atoms with van der Waals surface area (Å²) in [7, 11) is 2.23. The number of carbonyl (C=O) groups is 1. The Morgan fingerprint density at radius 3 is 2.57 bits per heavy atom. The Kier molecular flexibility index (Phi) is 6.23. The fourth-order valence-electron chi connectivity index (χ4n) is 1.98. The van der Waals surface area contributed by atoms with Crippen LogP contribution in [0.1, 0.15) is 22.8 Å². The van der Waals surface area contributed by atoms with Gasteiger partial charge in [0.15, 0.2) is 5.78 Å². The lowest BCUT2D eigenvalue weighted by Gasteiger charge is -2.14. The quantitative estimate of drug-likeness (QED) is 0.445. The van der Waals surface area contributed by atoms with Crippen LogP contribution < -0.4 is 15.5 Å². The Morgan fingerprint density at radius 1 is 1.43 bits per heavy atom. The third kappa shape index (κ3) is 5.39. The SMILES string of the molecule is COc1cc([B]O)cc(CCNCC(F)(F)F)c1C(C)=O. The van der Waals surface area contributed by atoms with E-state index < -0.39 is 12.7 Å². The standard InChI is InChI=1S/C13H16BF3NO3/c1-8(19)12-9(3-4-18-7-13(15,16)17)5-10(14-20)6-11(12)21-2/h5-6,18,20H,3-4,7H2,1-2H3. The molecule has 0 aromatic heterocycles. The predicted molar refractivity (Wildman–Crippen MR) is 73.2 cm³/mol. The lowest BCUT2D eigenvalue weighted by Crippen LogP contribution is -2.30. The van der Waals surface area contributed by atoms with Gasteiger partial charge in [-0.2, -0.15) is 13.2 Å². The van der Waals surface area contributed by atoms with Crippen molar-refractivity contribution in [2.45, 2.75) is 19.5 Å². The van der Waals surface area contributed by atoms with Crippen LogP contribution >= 0.6 is 0 Å². The van der Waals surface area contributed by atoms with Crippen LogP contribution in [0.2, 0.25) is 0 Å². The summed E-state index contributed by atoms with van der Waals surface area (Å²) in [6.07, 6.45) is -4.06. The minimum absolute atomic E-state index is 0.0534. The Balaban J connectivity index is 2.90. The molecule has 0 aliphatic heterocycles. The molecule has 0 aliphatic carbocycles. The molecule has 115 valence electrons. The maximum Gasteiger partial charge on any atom is 0.401 e. The summed E-state index contributed by atoms with van der Waals surface area (Å²) in [5.74, 6) is 0.0401. The number of carbonyl (C=O) groups excluding carboxylic acids is 1. The molecule has 1 aromatic carbocycles. The maximum absolute atomic E-state index is 12.1. The van der Waals surface area contributed by atoms with Gasteiger partial charge in [-0.1, -0.05) is 6.07 Å². The highest BCUT2D eigenvalue weighted by atomic mass is 19.4. The average molecular weight is 302 g/mol. The van der Waals surface area contributed by atoms with Crippen LogP contribution in [0.4, 0.5) is 13.2 Å². The van der Waals surface area contributed by atoms with Gasteiger partial charge in [0.2, 0.25) is 0 Å². The van der Waals surface area contributed by atoms with Crippen LogP contribution in [0, 0.1) is 0 Å². The summed E-state index contributed by atoms with van der Waals surface area (Å²) in [6.45, 7) is 0.315. The molecule has 0 spiro atoms. The normalized spacial score (nSPS) is 11.3. The number of benzene rings is 1. The highest BCUT2D eigenvalue weighted by Crippen LogP contribution is 2.22. The van der Waals surface area contributed by atoms with E-state index >= 15 is 0 Å². The highest BCUT2D eigenvalue weighted by molar-refractivity contribution is 6.45. The van der Waals surface area contributed by atoms with Crippen molar-refractivity contribution < 1.29 is 27.7 Å². The Labute approximate surface area is 121 Å². The summed E-state index contributed by atoms with van der Waals surface area (Å²) in [6, 6.07) is 3.04. The summed E-state index contributed by atoms with van der Waals surface area (Å²) < 4.78 is 41.3.